The number of benzene rings is 1. The molecule has 1 fully saturated rings. The molecule has 0 saturated heterocycles. The zero-order chi connectivity index (χ0) is 12.4. The van der Waals surface area contributed by atoms with Gasteiger partial charge in [0.2, 0.25) is 5.91 Å². The van der Waals surface area contributed by atoms with Crippen LogP contribution in [0.4, 0.5) is 5.69 Å². The van der Waals surface area contributed by atoms with Crippen LogP contribution in [0.25, 0.3) is 0 Å². The molecule has 1 aliphatic carbocycles. The van der Waals surface area contributed by atoms with Gasteiger partial charge in [0.15, 0.2) is 0 Å². The summed E-state index contributed by atoms with van der Waals surface area (Å²) in [5.41, 5.74) is 12.1. The summed E-state index contributed by atoms with van der Waals surface area (Å²) in [6.07, 6.45) is 2.43. The van der Waals surface area contributed by atoms with Crippen molar-refractivity contribution in [3.8, 4) is 0 Å². The first-order chi connectivity index (χ1) is 8.11. The van der Waals surface area contributed by atoms with Crippen LogP contribution in [-0.4, -0.2) is 18.5 Å². The number of nitrogens with two attached hydrogens (primary N) is 2. The van der Waals surface area contributed by atoms with Crippen molar-refractivity contribution >= 4 is 23.2 Å². The van der Waals surface area contributed by atoms with Crippen LogP contribution in [0.3, 0.4) is 0 Å². The van der Waals surface area contributed by atoms with Crippen molar-refractivity contribution in [1.29, 1.82) is 0 Å². The molecule has 2 rings (SSSR count). The Morgan fingerprint density at radius 1 is 1.53 bits per heavy atom. The fourth-order valence-electron chi connectivity index (χ4n) is 1.85. The molecule has 0 heterocycles. The van der Waals surface area contributed by atoms with Crippen molar-refractivity contribution in [2.75, 3.05) is 11.9 Å². The van der Waals surface area contributed by atoms with Crippen LogP contribution in [-0.2, 0) is 0 Å². The van der Waals surface area contributed by atoms with E-state index in [0.717, 1.165) is 5.69 Å². The predicted molar refractivity (Wildman–Crippen MR) is 69.2 cm³/mol. The van der Waals surface area contributed by atoms with Crippen LogP contribution in [0, 0.1) is 5.92 Å². The van der Waals surface area contributed by atoms with E-state index in [9.17, 15) is 4.79 Å². The number of nitrogens with one attached hydrogen (secondary N) is 1. The number of amides is 1. The highest BCUT2D eigenvalue weighted by Gasteiger charge is 2.30. The Morgan fingerprint density at radius 2 is 2.24 bits per heavy atom. The molecule has 1 atom stereocenters. The monoisotopic (exact) mass is 253 g/mol. The SMILES string of the molecule is NCC(Nc1ccc(C(N)=O)cc1Cl)C1CC1. The summed E-state index contributed by atoms with van der Waals surface area (Å²) >= 11 is 6.09. The smallest absolute Gasteiger partial charge is 0.248 e. The Hall–Kier alpha value is -1.26. The molecule has 1 aromatic rings. The van der Waals surface area contributed by atoms with Gasteiger partial charge in [-0.2, -0.15) is 0 Å². The number of hydrogen-bond acceptors (Lipinski definition) is 3. The molecule has 1 unspecified atom stereocenters. The molecule has 4 nitrogen and oxygen atoms in total. The summed E-state index contributed by atoms with van der Waals surface area (Å²) < 4.78 is 0. The van der Waals surface area contributed by atoms with Crippen LogP contribution in [0.1, 0.15) is 23.2 Å². The van der Waals surface area contributed by atoms with E-state index in [-0.39, 0.29) is 6.04 Å². The number of halogens is 1. The first-order valence-electron chi connectivity index (χ1n) is 5.67. The minimum absolute atomic E-state index is 0.256. The van der Waals surface area contributed by atoms with Gasteiger partial charge in [-0.3, -0.25) is 4.79 Å². The molecule has 0 aliphatic heterocycles. The fourth-order valence-corrected chi connectivity index (χ4v) is 2.09. The summed E-state index contributed by atoms with van der Waals surface area (Å²) in [6.45, 7) is 0.582. The van der Waals surface area contributed by atoms with Gasteiger partial charge in [0, 0.05) is 18.2 Å². The van der Waals surface area contributed by atoms with E-state index in [1.165, 1.54) is 12.8 Å². The third-order valence-corrected chi connectivity index (χ3v) is 3.35. The molecule has 1 aliphatic rings. The summed E-state index contributed by atoms with van der Waals surface area (Å²) in [7, 11) is 0. The minimum Gasteiger partial charge on any atom is -0.380 e. The second-order valence-corrected chi connectivity index (χ2v) is 4.79. The molecule has 0 spiro atoms. The highest BCUT2D eigenvalue weighted by atomic mass is 35.5. The lowest BCUT2D eigenvalue weighted by Gasteiger charge is -2.18. The van der Waals surface area contributed by atoms with Gasteiger partial charge >= 0.3 is 0 Å². The van der Waals surface area contributed by atoms with Crippen molar-refractivity contribution in [2.45, 2.75) is 18.9 Å². The number of hydrogen-bond donors (Lipinski definition) is 3. The van der Waals surface area contributed by atoms with Crippen molar-refractivity contribution in [3.63, 3.8) is 0 Å². The van der Waals surface area contributed by atoms with E-state index in [4.69, 9.17) is 23.1 Å². The lowest BCUT2D eigenvalue weighted by Crippen LogP contribution is -2.30. The van der Waals surface area contributed by atoms with E-state index in [2.05, 4.69) is 5.32 Å². The summed E-state index contributed by atoms with van der Waals surface area (Å²) in [6, 6.07) is 5.27. The van der Waals surface area contributed by atoms with Crippen LogP contribution in [0.5, 0.6) is 0 Å². The second-order valence-electron chi connectivity index (χ2n) is 4.38. The Labute approximate surface area is 105 Å². The zero-order valence-corrected chi connectivity index (χ0v) is 10.2. The quantitative estimate of drug-likeness (QED) is 0.745. The van der Waals surface area contributed by atoms with Crippen LogP contribution >= 0.6 is 11.6 Å². The summed E-state index contributed by atoms with van der Waals surface area (Å²) in [5.74, 6) is 0.169. The van der Waals surface area contributed by atoms with Crippen molar-refractivity contribution < 1.29 is 4.79 Å². The van der Waals surface area contributed by atoms with Crippen molar-refractivity contribution in [2.24, 2.45) is 17.4 Å². The Balaban J connectivity index is 2.12. The maximum absolute atomic E-state index is 11.0. The lowest BCUT2D eigenvalue weighted by atomic mass is 10.1. The number of anilines is 1. The second kappa shape index (κ2) is 4.94. The van der Waals surface area contributed by atoms with Gasteiger partial charge in [-0.25, -0.2) is 0 Å². The van der Waals surface area contributed by atoms with Crippen molar-refractivity contribution in [3.05, 3.63) is 28.8 Å². The standard InChI is InChI=1S/C12H16ClN3O/c13-9-5-8(12(15)17)3-4-10(9)16-11(6-14)7-1-2-7/h3-5,7,11,16H,1-2,6,14H2,(H2,15,17). The average Bonchev–Trinajstić information content (AvgIpc) is 3.11. The topological polar surface area (TPSA) is 81.1 Å². The van der Waals surface area contributed by atoms with Gasteiger partial charge < -0.3 is 16.8 Å². The first kappa shape index (κ1) is 12.2. The fraction of sp³-hybridized carbons (Fsp3) is 0.417. The molecule has 17 heavy (non-hydrogen) atoms. The number of rotatable bonds is 5. The third-order valence-electron chi connectivity index (χ3n) is 3.04. The summed E-state index contributed by atoms with van der Waals surface area (Å²) in [4.78, 5) is 11.0. The maximum atomic E-state index is 11.0. The van der Waals surface area contributed by atoms with Gasteiger partial charge in [-0.05, 0) is 37.0 Å². The lowest BCUT2D eigenvalue weighted by molar-refractivity contribution is 0.100. The maximum Gasteiger partial charge on any atom is 0.248 e. The largest absolute Gasteiger partial charge is 0.380 e. The molecule has 0 radical (unpaired) electrons. The van der Waals surface area contributed by atoms with Crippen LogP contribution in [0.2, 0.25) is 5.02 Å². The van der Waals surface area contributed by atoms with E-state index >= 15 is 0 Å². The molecule has 1 aromatic carbocycles. The number of primary amides is 1. The van der Waals surface area contributed by atoms with Gasteiger partial charge in [-0.1, -0.05) is 11.6 Å². The first-order valence-corrected chi connectivity index (χ1v) is 6.05. The highest BCUT2D eigenvalue weighted by Crippen LogP contribution is 2.35. The minimum atomic E-state index is -0.476. The molecule has 5 heteroatoms. The summed E-state index contributed by atoms with van der Waals surface area (Å²) in [5, 5.41) is 3.82. The van der Waals surface area contributed by atoms with Gasteiger partial charge in [0.25, 0.3) is 0 Å². The Morgan fingerprint density at radius 3 is 2.71 bits per heavy atom. The van der Waals surface area contributed by atoms with E-state index in [1.807, 2.05) is 0 Å². The molecule has 92 valence electrons. The van der Waals surface area contributed by atoms with E-state index < -0.39 is 5.91 Å². The molecule has 5 N–H and O–H groups in total. The molecule has 0 aromatic heterocycles. The highest BCUT2D eigenvalue weighted by molar-refractivity contribution is 6.33. The number of carbonyl (C=O) groups excluding carboxylic acids is 1. The molecular formula is C12H16ClN3O. The van der Waals surface area contributed by atoms with E-state index in [1.54, 1.807) is 18.2 Å². The van der Waals surface area contributed by atoms with Gasteiger partial charge in [-0.15, -0.1) is 0 Å². The van der Waals surface area contributed by atoms with Gasteiger partial charge in [0.1, 0.15) is 0 Å². The normalized spacial score (nSPS) is 16.6. The van der Waals surface area contributed by atoms with Crippen LogP contribution in [0.15, 0.2) is 18.2 Å². The van der Waals surface area contributed by atoms with Gasteiger partial charge in [0.05, 0.1) is 10.7 Å². The number of carbonyl (C=O) groups is 1. The molecule has 1 saturated carbocycles. The molecule has 0 bridgehead atoms. The molecule has 1 amide bonds. The predicted octanol–water partition coefficient (Wildman–Crippen LogP) is 1.59. The Bertz CT molecular complexity index is 432. The van der Waals surface area contributed by atoms with Crippen molar-refractivity contribution in [1.82, 2.24) is 0 Å². The average molecular weight is 254 g/mol. The molecular weight excluding hydrogens is 238 g/mol. The Kier molecular flexibility index (Phi) is 3.54. The zero-order valence-electron chi connectivity index (χ0n) is 9.45. The third kappa shape index (κ3) is 2.90. The van der Waals surface area contributed by atoms with Crippen LogP contribution < -0.4 is 16.8 Å². The van der Waals surface area contributed by atoms with E-state index in [0.29, 0.717) is 23.0 Å².